The van der Waals surface area contributed by atoms with Gasteiger partial charge in [0.05, 0.1) is 21.7 Å². The van der Waals surface area contributed by atoms with E-state index in [4.69, 9.17) is 6.42 Å². The van der Waals surface area contributed by atoms with Crippen LogP contribution in [0.15, 0.2) is 58.4 Å². The molecule has 0 saturated carbocycles. The van der Waals surface area contributed by atoms with Crippen LogP contribution in [-0.4, -0.2) is 21.2 Å². The molecule has 142 valence electrons. The third-order valence-corrected chi connectivity index (χ3v) is 6.05. The van der Waals surface area contributed by atoms with Gasteiger partial charge in [0.15, 0.2) is 4.80 Å². The molecule has 0 saturated heterocycles. The van der Waals surface area contributed by atoms with Gasteiger partial charge >= 0.3 is 0 Å². The minimum atomic E-state index is -0.455. The van der Waals surface area contributed by atoms with Gasteiger partial charge in [0.2, 0.25) is 5.91 Å². The van der Waals surface area contributed by atoms with E-state index in [0.717, 1.165) is 10.5 Å². The molecule has 0 N–H and O–H groups in total. The van der Waals surface area contributed by atoms with Crippen LogP contribution >= 0.6 is 23.1 Å². The molecule has 6 nitrogen and oxygen atoms in total. The Morgan fingerprint density at radius 1 is 1.29 bits per heavy atom. The number of hydrogen-bond acceptors (Lipinski definition) is 5. The topological polar surface area (TPSA) is 77.5 Å². The van der Waals surface area contributed by atoms with Crippen LogP contribution < -0.4 is 4.80 Å². The zero-order valence-corrected chi connectivity index (χ0v) is 16.5. The van der Waals surface area contributed by atoms with E-state index in [1.807, 2.05) is 30.3 Å². The molecule has 0 bridgehead atoms. The third-order valence-electron chi connectivity index (χ3n) is 3.89. The van der Waals surface area contributed by atoms with Crippen LogP contribution in [0.1, 0.15) is 12.8 Å². The second-order valence-electron chi connectivity index (χ2n) is 5.85. The molecule has 1 amide bonds. The largest absolute Gasteiger partial charge is 0.304 e. The molecule has 0 radical (unpaired) electrons. The van der Waals surface area contributed by atoms with Gasteiger partial charge in [0.25, 0.3) is 5.69 Å². The van der Waals surface area contributed by atoms with Crippen molar-refractivity contribution in [2.75, 3.05) is 5.75 Å². The number of fused-ring (bicyclic) bond motifs is 1. The van der Waals surface area contributed by atoms with Gasteiger partial charge in [-0.3, -0.25) is 14.9 Å². The van der Waals surface area contributed by atoms with Crippen molar-refractivity contribution in [3.63, 3.8) is 0 Å². The highest BCUT2D eigenvalue weighted by Crippen LogP contribution is 2.23. The molecule has 0 spiro atoms. The molecule has 8 heteroatoms. The average molecular weight is 412 g/mol. The van der Waals surface area contributed by atoms with Gasteiger partial charge in [0.1, 0.15) is 0 Å². The van der Waals surface area contributed by atoms with Crippen molar-refractivity contribution < 1.29 is 9.72 Å². The first kappa shape index (κ1) is 19.9. The fourth-order valence-electron chi connectivity index (χ4n) is 2.59. The Bertz CT molecular complexity index is 1110. The summed E-state index contributed by atoms with van der Waals surface area (Å²) in [7, 11) is 0. The number of amides is 1. The average Bonchev–Trinajstić information content (AvgIpc) is 3.03. The summed E-state index contributed by atoms with van der Waals surface area (Å²) in [4.78, 5) is 28.7. The first-order valence-electron chi connectivity index (χ1n) is 8.55. The molecule has 0 unspecified atom stereocenters. The van der Waals surface area contributed by atoms with Gasteiger partial charge in [0, 0.05) is 23.4 Å². The number of nitro benzene ring substituents is 1. The Balaban J connectivity index is 1.74. The predicted molar refractivity (Wildman–Crippen MR) is 112 cm³/mol. The molecule has 0 fully saturated rings. The number of carbonyl (C=O) groups is 1. The van der Waals surface area contributed by atoms with E-state index in [2.05, 4.69) is 10.9 Å². The van der Waals surface area contributed by atoms with Crippen LogP contribution in [0, 0.1) is 22.5 Å². The van der Waals surface area contributed by atoms with Crippen LogP contribution in [0.25, 0.3) is 10.2 Å². The van der Waals surface area contributed by atoms with E-state index in [9.17, 15) is 14.9 Å². The van der Waals surface area contributed by atoms with Crippen LogP contribution in [0.3, 0.4) is 0 Å². The third kappa shape index (κ3) is 4.88. The summed E-state index contributed by atoms with van der Waals surface area (Å²) in [6.45, 7) is 0.192. The second-order valence-corrected chi connectivity index (χ2v) is 8.03. The maximum absolute atomic E-state index is 12.3. The monoisotopic (exact) mass is 411 g/mol. The lowest BCUT2D eigenvalue weighted by Gasteiger charge is -2.01. The number of carbonyl (C=O) groups excluding carboxylic acids is 1. The predicted octanol–water partition coefficient (Wildman–Crippen LogP) is 4.24. The van der Waals surface area contributed by atoms with Gasteiger partial charge in [-0.25, -0.2) is 0 Å². The summed E-state index contributed by atoms with van der Waals surface area (Å²) in [6, 6.07) is 14.6. The number of thiazole rings is 1. The molecule has 1 heterocycles. The Morgan fingerprint density at radius 2 is 2.07 bits per heavy atom. The van der Waals surface area contributed by atoms with E-state index in [-0.39, 0.29) is 18.1 Å². The molecule has 0 aliphatic rings. The maximum Gasteiger partial charge on any atom is 0.271 e. The van der Waals surface area contributed by atoms with Gasteiger partial charge in [-0.1, -0.05) is 35.5 Å². The molecule has 0 atom stereocenters. The number of terminal acetylenes is 1. The van der Waals surface area contributed by atoms with Gasteiger partial charge < -0.3 is 4.57 Å². The van der Waals surface area contributed by atoms with Crippen LogP contribution in [0.5, 0.6) is 0 Å². The minimum absolute atomic E-state index is 0.0214. The lowest BCUT2D eigenvalue weighted by Crippen LogP contribution is -2.16. The fourth-order valence-corrected chi connectivity index (χ4v) is 4.49. The Labute approximate surface area is 170 Å². The normalized spacial score (nSPS) is 11.5. The van der Waals surface area contributed by atoms with Crippen molar-refractivity contribution in [3.05, 3.63) is 63.4 Å². The smallest absolute Gasteiger partial charge is 0.271 e. The highest BCUT2D eigenvalue weighted by molar-refractivity contribution is 7.99. The zero-order valence-electron chi connectivity index (χ0n) is 14.9. The molecular formula is C20H17N3O3S2. The Kier molecular flexibility index (Phi) is 6.63. The molecule has 2 aromatic carbocycles. The van der Waals surface area contributed by atoms with E-state index in [0.29, 0.717) is 23.2 Å². The summed E-state index contributed by atoms with van der Waals surface area (Å²) in [5, 5.41) is 11.0. The highest BCUT2D eigenvalue weighted by Gasteiger charge is 2.12. The van der Waals surface area contributed by atoms with Crippen LogP contribution in [-0.2, 0) is 11.3 Å². The lowest BCUT2D eigenvalue weighted by atomic mass is 10.3. The molecule has 0 aliphatic carbocycles. The summed E-state index contributed by atoms with van der Waals surface area (Å²) in [6.07, 6.45) is 6.49. The van der Waals surface area contributed by atoms with Crippen molar-refractivity contribution in [2.45, 2.75) is 24.3 Å². The first-order chi connectivity index (χ1) is 13.6. The van der Waals surface area contributed by atoms with Crippen LogP contribution in [0.4, 0.5) is 5.69 Å². The zero-order chi connectivity index (χ0) is 19.9. The number of non-ortho nitro benzene ring substituents is 1. The Morgan fingerprint density at radius 3 is 2.79 bits per heavy atom. The molecule has 3 rings (SSSR count). The van der Waals surface area contributed by atoms with Gasteiger partial charge in [-0.05, 0) is 30.4 Å². The minimum Gasteiger partial charge on any atom is -0.304 e. The van der Waals surface area contributed by atoms with Gasteiger partial charge in [-0.2, -0.15) is 4.99 Å². The first-order valence-corrected chi connectivity index (χ1v) is 10.4. The summed E-state index contributed by atoms with van der Waals surface area (Å²) < 4.78 is 2.47. The number of nitro groups is 1. The molecule has 3 aromatic rings. The second kappa shape index (κ2) is 9.35. The number of nitrogens with zero attached hydrogens (tertiary/aromatic N) is 3. The number of aromatic nitrogens is 1. The maximum atomic E-state index is 12.3. The van der Waals surface area contributed by atoms with Crippen molar-refractivity contribution in [2.24, 2.45) is 4.99 Å². The van der Waals surface area contributed by atoms with E-state index in [1.54, 1.807) is 22.4 Å². The molecule has 1 aromatic heterocycles. The molecule has 0 aliphatic heterocycles. The van der Waals surface area contributed by atoms with Crippen molar-refractivity contribution >= 4 is 44.9 Å². The fraction of sp³-hybridized carbons (Fsp3) is 0.200. The van der Waals surface area contributed by atoms with Gasteiger partial charge in [-0.15, -0.1) is 18.2 Å². The number of rotatable bonds is 7. The van der Waals surface area contributed by atoms with E-state index >= 15 is 0 Å². The number of hydrogen-bond donors (Lipinski definition) is 0. The standard InChI is InChI=1S/C20H17N3O3S2/c1-2-12-22-17-14-15(23(25)26)10-11-18(17)28-20(22)21-19(24)9-6-13-27-16-7-4-3-5-8-16/h1,3-5,7-8,10-11,14H,6,9,12-13H2. The Hall–Kier alpha value is -2.89. The molecule has 28 heavy (non-hydrogen) atoms. The number of thioether (sulfide) groups is 1. The lowest BCUT2D eigenvalue weighted by molar-refractivity contribution is -0.384. The highest BCUT2D eigenvalue weighted by atomic mass is 32.2. The van der Waals surface area contributed by atoms with E-state index < -0.39 is 4.92 Å². The summed E-state index contributed by atoms with van der Waals surface area (Å²) in [5.41, 5.74) is 0.593. The van der Waals surface area contributed by atoms with E-state index in [1.165, 1.54) is 28.4 Å². The summed E-state index contributed by atoms with van der Waals surface area (Å²) in [5.74, 6) is 3.13. The number of benzene rings is 2. The van der Waals surface area contributed by atoms with Crippen molar-refractivity contribution in [1.82, 2.24) is 4.57 Å². The quantitative estimate of drug-likeness (QED) is 0.191. The van der Waals surface area contributed by atoms with Crippen molar-refractivity contribution in [1.29, 1.82) is 0 Å². The van der Waals surface area contributed by atoms with Crippen molar-refractivity contribution in [3.8, 4) is 12.3 Å². The SMILES string of the molecule is C#CCn1c(=NC(=O)CCCSc2ccccc2)sc2ccc([N+](=O)[O-])cc21. The summed E-state index contributed by atoms with van der Waals surface area (Å²) >= 11 is 3.00. The van der Waals surface area contributed by atoms with Crippen LogP contribution in [0.2, 0.25) is 0 Å². The molecular weight excluding hydrogens is 394 g/mol.